The van der Waals surface area contributed by atoms with Gasteiger partial charge in [0.15, 0.2) is 0 Å². The third-order valence-corrected chi connectivity index (χ3v) is 4.34. The Morgan fingerprint density at radius 1 is 1.13 bits per heavy atom. The summed E-state index contributed by atoms with van der Waals surface area (Å²) in [6.45, 7) is 5.86. The van der Waals surface area contributed by atoms with Crippen LogP contribution in [0.1, 0.15) is 45.4 Å². The Labute approximate surface area is 94.2 Å². The van der Waals surface area contributed by atoms with E-state index in [0.29, 0.717) is 0 Å². The number of likely N-dealkylation sites (tertiary alicyclic amines) is 1. The van der Waals surface area contributed by atoms with Crippen LogP contribution in [-0.2, 0) is 0 Å². The fraction of sp³-hybridized carbons (Fsp3) is 1.00. The largest absolute Gasteiger partial charge is 0.330 e. The quantitative estimate of drug-likeness (QED) is 0.774. The summed E-state index contributed by atoms with van der Waals surface area (Å²) in [7, 11) is 0. The van der Waals surface area contributed by atoms with Gasteiger partial charge >= 0.3 is 0 Å². The average molecular weight is 210 g/mol. The zero-order valence-electron chi connectivity index (χ0n) is 10.1. The minimum Gasteiger partial charge on any atom is -0.330 e. The first-order valence-electron chi connectivity index (χ1n) is 6.73. The van der Waals surface area contributed by atoms with Crippen LogP contribution in [0.2, 0.25) is 0 Å². The van der Waals surface area contributed by atoms with Crippen LogP contribution in [0.15, 0.2) is 0 Å². The maximum Gasteiger partial charge on any atom is 0.00707 e. The molecule has 2 rings (SSSR count). The number of nitrogens with two attached hydrogens (primary N) is 1. The van der Waals surface area contributed by atoms with Gasteiger partial charge in [0.25, 0.3) is 0 Å². The van der Waals surface area contributed by atoms with E-state index in [2.05, 4.69) is 11.8 Å². The summed E-state index contributed by atoms with van der Waals surface area (Å²) in [5.74, 6) is 1.75. The first-order chi connectivity index (χ1) is 7.29. The molecule has 2 aliphatic rings. The first kappa shape index (κ1) is 11.4. The predicted octanol–water partition coefficient (Wildman–Crippen LogP) is 2.24. The van der Waals surface area contributed by atoms with Gasteiger partial charge in [0.1, 0.15) is 0 Å². The highest BCUT2D eigenvalue weighted by atomic mass is 15.2. The monoisotopic (exact) mass is 210 g/mol. The van der Waals surface area contributed by atoms with E-state index in [1.165, 1.54) is 51.6 Å². The van der Waals surface area contributed by atoms with Crippen LogP contribution in [0.25, 0.3) is 0 Å². The highest BCUT2D eigenvalue weighted by Gasteiger charge is 2.29. The summed E-state index contributed by atoms with van der Waals surface area (Å²) in [4.78, 5) is 2.69. The Morgan fingerprint density at radius 3 is 2.47 bits per heavy atom. The van der Waals surface area contributed by atoms with Gasteiger partial charge in [-0.15, -0.1) is 0 Å². The molecular formula is C13H26N2. The van der Waals surface area contributed by atoms with E-state index in [-0.39, 0.29) is 0 Å². The third kappa shape index (κ3) is 2.94. The normalized spacial score (nSPS) is 34.8. The third-order valence-electron chi connectivity index (χ3n) is 4.34. The second-order valence-electron chi connectivity index (χ2n) is 5.64. The molecule has 0 amide bonds. The molecule has 2 unspecified atom stereocenters. The van der Waals surface area contributed by atoms with Crippen LogP contribution in [0.3, 0.4) is 0 Å². The van der Waals surface area contributed by atoms with Crippen molar-refractivity contribution in [2.45, 2.75) is 51.5 Å². The van der Waals surface area contributed by atoms with Gasteiger partial charge in [0.2, 0.25) is 0 Å². The molecule has 2 nitrogen and oxygen atoms in total. The number of hydrogen-bond donors (Lipinski definition) is 1. The maximum absolute atomic E-state index is 5.76. The lowest BCUT2D eigenvalue weighted by molar-refractivity contribution is 0.193. The zero-order valence-corrected chi connectivity index (χ0v) is 10.1. The summed E-state index contributed by atoms with van der Waals surface area (Å²) in [6, 6.07) is 0.778. The highest BCUT2D eigenvalue weighted by molar-refractivity contribution is 4.84. The number of rotatable bonds is 3. The smallest absolute Gasteiger partial charge is 0.00707 e. The predicted molar refractivity (Wildman–Crippen MR) is 64.8 cm³/mol. The molecule has 0 radical (unpaired) electrons. The zero-order chi connectivity index (χ0) is 10.7. The minimum absolute atomic E-state index is 0.767. The van der Waals surface area contributed by atoms with E-state index in [9.17, 15) is 0 Å². The lowest BCUT2D eigenvalue weighted by Crippen LogP contribution is -2.33. The first-order valence-corrected chi connectivity index (χ1v) is 6.73. The summed E-state index contributed by atoms with van der Waals surface area (Å²) < 4.78 is 0. The Kier molecular flexibility index (Phi) is 4.04. The molecule has 0 aromatic heterocycles. The molecule has 1 heterocycles. The molecule has 1 saturated carbocycles. The van der Waals surface area contributed by atoms with Crippen molar-refractivity contribution >= 4 is 0 Å². The van der Waals surface area contributed by atoms with E-state index < -0.39 is 0 Å². The van der Waals surface area contributed by atoms with E-state index in [1.807, 2.05) is 0 Å². The SMILES string of the molecule is CC1CC(CN)CN1CC1CCCCC1. The van der Waals surface area contributed by atoms with Gasteiger partial charge in [-0.25, -0.2) is 0 Å². The molecule has 2 N–H and O–H groups in total. The van der Waals surface area contributed by atoms with Gasteiger partial charge in [0.05, 0.1) is 0 Å². The van der Waals surface area contributed by atoms with Crippen LogP contribution >= 0.6 is 0 Å². The summed E-state index contributed by atoms with van der Waals surface area (Å²) >= 11 is 0. The average Bonchev–Trinajstić information content (AvgIpc) is 2.61. The summed E-state index contributed by atoms with van der Waals surface area (Å²) in [6.07, 6.45) is 8.66. The molecule has 0 aromatic carbocycles. The Hall–Kier alpha value is -0.0800. The van der Waals surface area contributed by atoms with E-state index in [1.54, 1.807) is 0 Å². The van der Waals surface area contributed by atoms with Crippen LogP contribution < -0.4 is 5.73 Å². The summed E-state index contributed by atoms with van der Waals surface area (Å²) in [5.41, 5.74) is 5.76. The molecule has 1 aliphatic carbocycles. The molecule has 0 aromatic rings. The molecule has 2 heteroatoms. The molecule has 15 heavy (non-hydrogen) atoms. The summed E-state index contributed by atoms with van der Waals surface area (Å²) in [5, 5.41) is 0. The van der Waals surface area contributed by atoms with Gasteiger partial charge in [-0.1, -0.05) is 19.3 Å². The van der Waals surface area contributed by atoms with Crippen LogP contribution in [0.5, 0.6) is 0 Å². The number of nitrogens with zero attached hydrogens (tertiary/aromatic N) is 1. The molecule has 1 aliphatic heterocycles. The fourth-order valence-corrected chi connectivity index (χ4v) is 3.34. The van der Waals surface area contributed by atoms with Gasteiger partial charge in [-0.3, -0.25) is 0 Å². The molecule has 88 valence electrons. The Balaban J connectivity index is 1.78. The van der Waals surface area contributed by atoms with E-state index in [4.69, 9.17) is 5.73 Å². The Bertz CT molecular complexity index is 187. The molecule has 0 spiro atoms. The van der Waals surface area contributed by atoms with Crippen molar-refractivity contribution < 1.29 is 0 Å². The van der Waals surface area contributed by atoms with Crippen molar-refractivity contribution in [2.75, 3.05) is 19.6 Å². The molecule has 2 fully saturated rings. The van der Waals surface area contributed by atoms with Crippen molar-refractivity contribution in [1.82, 2.24) is 4.90 Å². The lowest BCUT2D eigenvalue weighted by atomic mass is 9.89. The van der Waals surface area contributed by atoms with Gasteiger partial charge < -0.3 is 10.6 Å². The topological polar surface area (TPSA) is 29.3 Å². The standard InChI is InChI=1S/C13H26N2/c1-11-7-13(8-14)10-15(11)9-12-5-3-2-4-6-12/h11-13H,2-10,14H2,1H3. The molecule has 1 saturated heterocycles. The maximum atomic E-state index is 5.76. The van der Waals surface area contributed by atoms with Crippen molar-refractivity contribution in [1.29, 1.82) is 0 Å². The van der Waals surface area contributed by atoms with E-state index >= 15 is 0 Å². The Morgan fingerprint density at radius 2 is 1.87 bits per heavy atom. The minimum atomic E-state index is 0.767. The van der Waals surface area contributed by atoms with Crippen LogP contribution in [0, 0.1) is 11.8 Å². The van der Waals surface area contributed by atoms with Crippen molar-refractivity contribution in [3.63, 3.8) is 0 Å². The molecular weight excluding hydrogens is 184 g/mol. The van der Waals surface area contributed by atoms with Crippen molar-refractivity contribution in [2.24, 2.45) is 17.6 Å². The van der Waals surface area contributed by atoms with Crippen molar-refractivity contribution in [3.05, 3.63) is 0 Å². The number of hydrogen-bond acceptors (Lipinski definition) is 2. The molecule has 2 atom stereocenters. The molecule has 0 bridgehead atoms. The second kappa shape index (κ2) is 5.31. The lowest BCUT2D eigenvalue weighted by Gasteiger charge is -2.29. The van der Waals surface area contributed by atoms with Gasteiger partial charge in [-0.2, -0.15) is 0 Å². The van der Waals surface area contributed by atoms with Crippen LogP contribution in [-0.4, -0.2) is 30.6 Å². The highest BCUT2D eigenvalue weighted by Crippen LogP contribution is 2.28. The van der Waals surface area contributed by atoms with E-state index in [0.717, 1.165) is 24.4 Å². The fourth-order valence-electron chi connectivity index (χ4n) is 3.34. The van der Waals surface area contributed by atoms with Crippen molar-refractivity contribution in [3.8, 4) is 0 Å². The van der Waals surface area contributed by atoms with Crippen LogP contribution in [0.4, 0.5) is 0 Å². The second-order valence-corrected chi connectivity index (χ2v) is 5.64. The van der Waals surface area contributed by atoms with Gasteiger partial charge in [0, 0.05) is 19.1 Å². The van der Waals surface area contributed by atoms with Gasteiger partial charge in [-0.05, 0) is 44.6 Å².